The van der Waals surface area contributed by atoms with Crippen LogP contribution in [0.15, 0.2) is 18.2 Å². The zero-order valence-corrected chi connectivity index (χ0v) is 15.0. The number of aliphatic hydroxyl groups is 1. The van der Waals surface area contributed by atoms with Gasteiger partial charge in [-0.3, -0.25) is 4.90 Å². The van der Waals surface area contributed by atoms with E-state index in [4.69, 9.17) is 19.7 Å². The van der Waals surface area contributed by atoms with Crippen molar-refractivity contribution in [3.05, 3.63) is 23.8 Å². The van der Waals surface area contributed by atoms with Crippen molar-refractivity contribution in [1.82, 2.24) is 4.90 Å². The van der Waals surface area contributed by atoms with E-state index in [0.717, 1.165) is 31.2 Å². The van der Waals surface area contributed by atoms with Crippen LogP contribution in [-0.2, 0) is 11.2 Å². The molecule has 3 rings (SSSR count). The van der Waals surface area contributed by atoms with E-state index in [9.17, 15) is 5.11 Å². The molecule has 0 radical (unpaired) electrons. The van der Waals surface area contributed by atoms with Gasteiger partial charge in [0.05, 0.1) is 33.0 Å². The summed E-state index contributed by atoms with van der Waals surface area (Å²) in [5.74, 6) is 1.34. The third-order valence-electron chi connectivity index (χ3n) is 4.98. The van der Waals surface area contributed by atoms with Gasteiger partial charge in [-0.15, -0.1) is 0 Å². The molecular weight excluding hydrogens is 318 g/mol. The maximum atomic E-state index is 10.1. The Kier molecular flexibility index (Phi) is 4.92. The topological polar surface area (TPSA) is 51.2 Å². The standard InChI is InChI=1S/C20H31NO4/c1-23-19-8-7-15(13-20(19)24-2)10-12-25-18-6-4-3-5-17(18)21-11-9-16(22)14-21/h7-8,13,16-18,22H,3-6,9-12,14H2,1-2H3/t16-,17-,18?/m1/s1/i9D2,11D2. The summed E-state index contributed by atoms with van der Waals surface area (Å²) < 4.78 is 49.2. The summed E-state index contributed by atoms with van der Waals surface area (Å²) >= 11 is 0. The van der Waals surface area contributed by atoms with E-state index in [-0.39, 0.29) is 18.7 Å². The molecule has 0 aromatic heterocycles. The molecule has 3 atom stereocenters. The van der Waals surface area contributed by atoms with Crippen LogP contribution >= 0.6 is 0 Å². The number of methoxy groups -OCH3 is 2. The lowest BCUT2D eigenvalue weighted by atomic mass is 9.91. The van der Waals surface area contributed by atoms with E-state index in [1.54, 1.807) is 14.2 Å². The Labute approximate surface area is 156 Å². The number of hydrogen-bond donors (Lipinski definition) is 1. The van der Waals surface area contributed by atoms with Gasteiger partial charge >= 0.3 is 0 Å². The average Bonchev–Trinajstić information content (AvgIpc) is 2.87. The number of benzene rings is 1. The highest BCUT2D eigenvalue weighted by Crippen LogP contribution is 2.30. The fourth-order valence-corrected chi connectivity index (χ4v) is 3.65. The van der Waals surface area contributed by atoms with Crippen LogP contribution in [0.5, 0.6) is 11.5 Å². The van der Waals surface area contributed by atoms with Gasteiger partial charge in [0, 0.05) is 24.6 Å². The first-order valence-corrected chi connectivity index (χ1v) is 8.99. The van der Waals surface area contributed by atoms with Crippen LogP contribution in [0.1, 0.15) is 43.1 Å². The van der Waals surface area contributed by atoms with Gasteiger partial charge in [-0.05, 0) is 43.3 Å². The molecule has 5 nitrogen and oxygen atoms in total. The number of β-amino-alcohol motifs (C(OH)–C–C–N with tert-alkyl or cyclic N) is 1. The molecule has 5 heteroatoms. The Balaban J connectivity index is 1.64. The average molecular weight is 353 g/mol. The summed E-state index contributed by atoms with van der Waals surface area (Å²) in [6, 6.07) is 5.51. The second-order valence-corrected chi connectivity index (χ2v) is 6.62. The fourth-order valence-electron chi connectivity index (χ4n) is 3.65. The number of aliphatic hydroxyl groups excluding tert-OH is 1. The molecule has 1 saturated heterocycles. The Morgan fingerprint density at radius 1 is 1.20 bits per heavy atom. The first kappa shape index (κ1) is 13.8. The predicted octanol–water partition coefficient (Wildman–Crippen LogP) is 2.64. The van der Waals surface area contributed by atoms with Crippen LogP contribution in [0.2, 0.25) is 0 Å². The maximum absolute atomic E-state index is 10.1. The molecule has 1 unspecified atom stereocenters. The third-order valence-corrected chi connectivity index (χ3v) is 4.98. The Morgan fingerprint density at radius 3 is 2.72 bits per heavy atom. The summed E-state index contributed by atoms with van der Waals surface area (Å²) in [5.41, 5.74) is 1.05. The highest BCUT2D eigenvalue weighted by molar-refractivity contribution is 5.42. The van der Waals surface area contributed by atoms with Crippen molar-refractivity contribution in [1.29, 1.82) is 0 Å². The van der Waals surface area contributed by atoms with Crippen molar-refractivity contribution in [3.8, 4) is 11.5 Å². The smallest absolute Gasteiger partial charge is 0.160 e. The van der Waals surface area contributed by atoms with Crippen molar-refractivity contribution >= 4 is 0 Å². The van der Waals surface area contributed by atoms with Crippen molar-refractivity contribution in [2.24, 2.45) is 0 Å². The van der Waals surface area contributed by atoms with Crippen LogP contribution in [-0.4, -0.2) is 62.1 Å². The third kappa shape index (κ3) is 4.66. The van der Waals surface area contributed by atoms with Crippen molar-refractivity contribution < 1.29 is 24.8 Å². The minimum atomic E-state index is -2.30. The van der Waals surface area contributed by atoms with Gasteiger partial charge < -0.3 is 19.3 Å². The largest absolute Gasteiger partial charge is 0.493 e. The molecule has 2 aliphatic rings. The number of hydrogen-bond acceptors (Lipinski definition) is 5. The normalized spacial score (nSPS) is 33.8. The van der Waals surface area contributed by atoms with Crippen LogP contribution in [0, 0.1) is 0 Å². The summed E-state index contributed by atoms with van der Waals surface area (Å²) in [5, 5.41) is 10.1. The van der Waals surface area contributed by atoms with Crippen molar-refractivity contribution in [2.75, 3.05) is 33.9 Å². The SMILES string of the molecule is [2H]C1([2H])[C@@H](O)CN([C@@H]2CCCCC2OCCc2ccc(OC)c(OC)c2)C1([2H])[2H]. The van der Waals surface area contributed by atoms with Gasteiger partial charge in [0.25, 0.3) is 0 Å². The van der Waals surface area contributed by atoms with Crippen molar-refractivity contribution in [3.63, 3.8) is 0 Å². The molecule has 1 aliphatic carbocycles. The molecule has 1 heterocycles. The summed E-state index contributed by atoms with van der Waals surface area (Å²) in [4.78, 5) is 1.48. The van der Waals surface area contributed by atoms with E-state index >= 15 is 0 Å². The van der Waals surface area contributed by atoms with Crippen LogP contribution in [0.3, 0.4) is 0 Å². The van der Waals surface area contributed by atoms with Gasteiger partial charge in [-0.25, -0.2) is 0 Å². The Morgan fingerprint density at radius 2 is 2.00 bits per heavy atom. The number of rotatable bonds is 7. The van der Waals surface area contributed by atoms with Crippen molar-refractivity contribution in [2.45, 2.75) is 56.7 Å². The van der Waals surface area contributed by atoms with Crippen LogP contribution in [0.4, 0.5) is 0 Å². The van der Waals surface area contributed by atoms with Crippen LogP contribution < -0.4 is 9.47 Å². The molecule has 1 saturated carbocycles. The highest BCUT2D eigenvalue weighted by Gasteiger charge is 2.34. The molecule has 25 heavy (non-hydrogen) atoms. The van der Waals surface area contributed by atoms with E-state index in [2.05, 4.69) is 0 Å². The lowest BCUT2D eigenvalue weighted by molar-refractivity contribution is -0.0316. The maximum Gasteiger partial charge on any atom is 0.160 e. The molecule has 0 amide bonds. The lowest BCUT2D eigenvalue weighted by Crippen LogP contribution is -2.46. The number of nitrogens with zero attached hydrogens (tertiary/aromatic N) is 1. The fraction of sp³-hybridized carbons (Fsp3) is 0.700. The quantitative estimate of drug-likeness (QED) is 0.817. The van der Waals surface area contributed by atoms with E-state index < -0.39 is 19.0 Å². The summed E-state index contributed by atoms with van der Waals surface area (Å²) in [6.07, 6.45) is 0.363. The van der Waals surface area contributed by atoms with Gasteiger partial charge in [0.15, 0.2) is 11.5 Å². The molecule has 2 fully saturated rings. The molecule has 1 aromatic carbocycles. The summed E-state index contributed by atoms with van der Waals surface area (Å²) in [7, 11) is 3.20. The van der Waals surface area contributed by atoms with Crippen LogP contribution in [0.25, 0.3) is 0 Å². The highest BCUT2D eigenvalue weighted by atomic mass is 16.5. The minimum absolute atomic E-state index is 0.0137. The second kappa shape index (κ2) is 8.88. The molecule has 1 N–H and O–H groups in total. The van der Waals surface area contributed by atoms with E-state index in [1.165, 1.54) is 4.90 Å². The zero-order chi connectivity index (χ0) is 21.2. The predicted molar refractivity (Wildman–Crippen MR) is 97.4 cm³/mol. The Hall–Kier alpha value is -1.30. The molecule has 0 bridgehead atoms. The lowest BCUT2D eigenvalue weighted by Gasteiger charge is -2.37. The molecule has 1 aliphatic heterocycles. The molecule has 1 aromatic rings. The van der Waals surface area contributed by atoms with Gasteiger partial charge in [0.2, 0.25) is 0 Å². The molecule has 140 valence electrons. The number of likely N-dealkylation sites (tertiary alicyclic amines) is 1. The Bertz CT molecular complexity index is 703. The number of ether oxygens (including phenoxy) is 3. The monoisotopic (exact) mass is 353 g/mol. The first-order valence-electron chi connectivity index (χ1n) is 11.0. The molecular formula is C20H31NO4. The van der Waals surface area contributed by atoms with E-state index in [1.807, 2.05) is 18.2 Å². The molecule has 0 spiro atoms. The first-order chi connectivity index (χ1) is 13.7. The van der Waals surface area contributed by atoms with Gasteiger partial charge in [-0.2, -0.15) is 0 Å². The van der Waals surface area contributed by atoms with Gasteiger partial charge in [-0.1, -0.05) is 18.9 Å². The van der Waals surface area contributed by atoms with Gasteiger partial charge in [0.1, 0.15) is 0 Å². The minimum Gasteiger partial charge on any atom is -0.493 e. The summed E-state index contributed by atoms with van der Waals surface area (Å²) in [6.45, 7) is -1.76. The van der Waals surface area contributed by atoms with E-state index in [0.29, 0.717) is 24.5 Å². The zero-order valence-electron chi connectivity index (χ0n) is 19.0. The second-order valence-electron chi connectivity index (χ2n) is 6.62.